The van der Waals surface area contributed by atoms with Crippen LogP contribution < -0.4 is 10.5 Å². The number of para-hydroxylation sites is 1. The molecule has 3 nitrogen and oxygen atoms in total. The molecule has 0 aromatic heterocycles. The summed E-state index contributed by atoms with van der Waals surface area (Å²) in [5.41, 5.74) is 6.39. The van der Waals surface area contributed by atoms with Crippen LogP contribution in [-0.4, -0.2) is 13.4 Å². The molecule has 0 radical (unpaired) electrons. The standard InChI is InChI=1S/C11H14BrNO2/c12-9-2-1-3-10(13)11(9)15-7-14-6-8-4-5-8/h1-3,8H,4-7,13H2. The fourth-order valence-corrected chi connectivity index (χ4v) is 1.77. The van der Waals surface area contributed by atoms with E-state index < -0.39 is 0 Å². The van der Waals surface area contributed by atoms with E-state index in [-0.39, 0.29) is 6.79 Å². The highest BCUT2D eigenvalue weighted by Crippen LogP contribution is 2.31. The number of hydrogen-bond acceptors (Lipinski definition) is 3. The highest BCUT2D eigenvalue weighted by atomic mass is 79.9. The van der Waals surface area contributed by atoms with Crippen LogP contribution in [0.2, 0.25) is 0 Å². The first-order chi connectivity index (χ1) is 7.27. The van der Waals surface area contributed by atoms with Gasteiger partial charge in [-0.25, -0.2) is 0 Å². The highest BCUT2D eigenvalue weighted by molar-refractivity contribution is 9.10. The molecule has 4 heteroatoms. The minimum atomic E-state index is 0.267. The lowest BCUT2D eigenvalue weighted by atomic mass is 10.3. The van der Waals surface area contributed by atoms with Crippen molar-refractivity contribution in [3.05, 3.63) is 22.7 Å². The van der Waals surface area contributed by atoms with E-state index in [0.29, 0.717) is 11.4 Å². The Morgan fingerprint density at radius 2 is 2.20 bits per heavy atom. The lowest BCUT2D eigenvalue weighted by molar-refractivity contribution is 0.00999. The van der Waals surface area contributed by atoms with Gasteiger partial charge in [0.25, 0.3) is 0 Å². The number of ether oxygens (including phenoxy) is 2. The van der Waals surface area contributed by atoms with E-state index in [9.17, 15) is 0 Å². The minimum Gasteiger partial charge on any atom is -0.464 e. The van der Waals surface area contributed by atoms with Crippen molar-refractivity contribution in [2.75, 3.05) is 19.1 Å². The summed E-state index contributed by atoms with van der Waals surface area (Å²) in [5, 5.41) is 0. The van der Waals surface area contributed by atoms with Crippen LogP contribution in [0.3, 0.4) is 0 Å². The summed E-state index contributed by atoms with van der Waals surface area (Å²) in [4.78, 5) is 0. The van der Waals surface area contributed by atoms with E-state index in [1.807, 2.05) is 12.1 Å². The summed E-state index contributed by atoms with van der Waals surface area (Å²) < 4.78 is 11.7. The van der Waals surface area contributed by atoms with Gasteiger partial charge in [-0.2, -0.15) is 0 Å². The maximum Gasteiger partial charge on any atom is 0.189 e. The monoisotopic (exact) mass is 271 g/mol. The molecule has 0 amide bonds. The molecule has 0 bridgehead atoms. The number of benzene rings is 1. The van der Waals surface area contributed by atoms with Crippen LogP contribution in [0.25, 0.3) is 0 Å². The van der Waals surface area contributed by atoms with E-state index in [1.54, 1.807) is 6.07 Å². The van der Waals surface area contributed by atoms with E-state index in [1.165, 1.54) is 12.8 Å². The molecule has 0 aliphatic heterocycles. The second kappa shape index (κ2) is 4.86. The molecular weight excluding hydrogens is 258 g/mol. The fraction of sp³-hybridized carbons (Fsp3) is 0.455. The first kappa shape index (κ1) is 10.8. The summed E-state index contributed by atoms with van der Waals surface area (Å²) in [5.74, 6) is 1.42. The molecule has 0 atom stereocenters. The number of nitrogen functional groups attached to an aromatic ring is 1. The molecule has 0 heterocycles. The summed E-state index contributed by atoms with van der Waals surface area (Å²) in [6, 6.07) is 5.57. The Balaban J connectivity index is 1.80. The van der Waals surface area contributed by atoms with Crippen LogP contribution in [0.4, 0.5) is 5.69 Å². The molecule has 15 heavy (non-hydrogen) atoms. The van der Waals surface area contributed by atoms with Gasteiger partial charge in [0.2, 0.25) is 0 Å². The molecule has 1 aliphatic carbocycles. The van der Waals surface area contributed by atoms with Crippen LogP contribution in [0, 0.1) is 5.92 Å². The molecule has 0 unspecified atom stereocenters. The smallest absolute Gasteiger partial charge is 0.189 e. The average molecular weight is 272 g/mol. The van der Waals surface area contributed by atoms with Gasteiger partial charge in [-0.1, -0.05) is 6.07 Å². The SMILES string of the molecule is Nc1cccc(Br)c1OCOCC1CC1. The fourth-order valence-electron chi connectivity index (χ4n) is 1.28. The Bertz CT molecular complexity index is 319. The van der Waals surface area contributed by atoms with Crippen molar-refractivity contribution in [3.63, 3.8) is 0 Å². The molecule has 82 valence electrons. The number of hydrogen-bond donors (Lipinski definition) is 1. The van der Waals surface area contributed by atoms with Gasteiger partial charge in [-0.15, -0.1) is 0 Å². The Kier molecular flexibility index (Phi) is 3.49. The maximum atomic E-state index is 5.77. The Hall–Kier alpha value is -0.740. The third-order valence-electron chi connectivity index (χ3n) is 2.33. The third-order valence-corrected chi connectivity index (χ3v) is 2.96. The first-order valence-electron chi connectivity index (χ1n) is 5.02. The van der Waals surface area contributed by atoms with Crippen LogP contribution >= 0.6 is 15.9 Å². The normalized spacial score (nSPS) is 15.3. The van der Waals surface area contributed by atoms with Gasteiger partial charge >= 0.3 is 0 Å². The van der Waals surface area contributed by atoms with Gasteiger partial charge in [-0.3, -0.25) is 0 Å². The van der Waals surface area contributed by atoms with E-state index in [4.69, 9.17) is 15.2 Å². The molecule has 1 aromatic carbocycles. The Morgan fingerprint density at radius 1 is 1.40 bits per heavy atom. The van der Waals surface area contributed by atoms with E-state index in [0.717, 1.165) is 17.0 Å². The van der Waals surface area contributed by atoms with Crippen LogP contribution in [0.15, 0.2) is 22.7 Å². The van der Waals surface area contributed by atoms with E-state index >= 15 is 0 Å². The Labute approximate surface area is 97.7 Å². The number of anilines is 1. The molecule has 1 saturated carbocycles. The highest BCUT2D eigenvalue weighted by Gasteiger charge is 2.21. The second-order valence-electron chi connectivity index (χ2n) is 3.73. The third kappa shape index (κ3) is 3.11. The molecule has 0 saturated heterocycles. The number of halogens is 1. The first-order valence-corrected chi connectivity index (χ1v) is 5.81. The van der Waals surface area contributed by atoms with Crippen LogP contribution in [0.1, 0.15) is 12.8 Å². The molecule has 1 aliphatic rings. The van der Waals surface area contributed by atoms with Crippen molar-refractivity contribution in [3.8, 4) is 5.75 Å². The van der Waals surface area contributed by atoms with Gasteiger partial charge in [0.05, 0.1) is 16.8 Å². The number of rotatable bonds is 5. The van der Waals surface area contributed by atoms with Crippen molar-refractivity contribution >= 4 is 21.6 Å². The maximum absolute atomic E-state index is 5.77. The molecular formula is C11H14BrNO2. The van der Waals surface area contributed by atoms with Gasteiger partial charge in [-0.05, 0) is 46.8 Å². The summed E-state index contributed by atoms with van der Waals surface area (Å²) >= 11 is 3.38. The molecule has 1 fully saturated rings. The zero-order valence-electron chi connectivity index (χ0n) is 8.41. The average Bonchev–Trinajstić information content (AvgIpc) is 3.00. The number of nitrogens with two attached hydrogens (primary N) is 1. The Morgan fingerprint density at radius 3 is 2.87 bits per heavy atom. The largest absolute Gasteiger partial charge is 0.464 e. The molecule has 2 N–H and O–H groups in total. The summed E-state index contributed by atoms with van der Waals surface area (Å²) in [7, 11) is 0. The van der Waals surface area contributed by atoms with Crippen LogP contribution in [-0.2, 0) is 4.74 Å². The van der Waals surface area contributed by atoms with Crippen molar-refractivity contribution in [1.29, 1.82) is 0 Å². The topological polar surface area (TPSA) is 44.5 Å². The van der Waals surface area contributed by atoms with Crippen molar-refractivity contribution in [2.45, 2.75) is 12.8 Å². The zero-order valence-corrected chi connectivity index (χ0v) is 10.00. The van der Waals surface area contributed by atoms with Crippen LogP contribution in [0.5, 0.6) is 5.75 Å². The van der Waals surface area contributed by atoms with Crippen molar-refractivity contribution in [1.82, 2.24) is 0 Å². The molecule has 1 aromatic rings. The summed E-state index contributed by atoms with van der Waals surface area (Å²) in [6.45, 7) is 1.06. The van der Waals surface area contributed by atoms with Crippen molar-refractivity contribution < 1.29 is 9.47 Å². The minimum absolute atomic E-state index is 0.267. The second-order valence-corrected chi connectivity index (χ2v) is 4.59. The van der Waals surface area contributed by atoms with E-state index in [2.05, 4.69) is 15.9 Å². The molecule has 0 spiro atoms. The predicted octanol–water partition coefficient (Wildman–Crippen LogP) is 2.79. The quantitative estimate of drug-likeness (QED) is 0.509. The molecule has 2 rings (SSSR count). The lowest BCUT2D eigenvalue weighted by Crippen LogP contribution is -2.06. The summed E-state index contributed by atoms with van der Waals surface area (Å²) in [6.07, 6.45) is 2.58. The van der Waals surface area contributed by atoms with Gasteiger partial charge in [0.1, 0.15) is 0 Å². The van der Waals surface area contributed by atoms with Crippen molar-refractivity contribution in [2.24, 2.45) is 5.92 Å². The zero-order chi connectivity index (χ0) is 10.7. The predicted molar refractivity (Wildman–Crippen MR) is 62.7 cm³/mol. The van der Waals surface area contributed by atoms with Gasteiger partial charge in [0, 0.05) is 0 Å². The lowest BCUT2D eigenvalue weighted by Gasteiger charge is -2.10. The van der Waals surface area contributed by atoms with Gasteiger partial charge < -0.3 is 15.2 Å². The van der Waals surface area contributed by atoms with Gasteiger partial charge in [0.15, 0.2) is 12.5 Å².